The Balaban J connectivity index is 1.22. The van der Waals surface area contributed by atoms with E-state index in [1.807, 2.05) is 4.90 Å². The van der Waals surface area contributed by atoms with Crippen LogP contribution in [0.5, 0.6) is 0 Å². The highest BCUT2D eigenvalue weighted by atomic mass is 16.5. The number of ether oxygens (including phenoxy) is 1. The fourth-order valence-corrected chi connectivity index (χ4v) is 6.36. The highest BCUT2D eigenvalue weighted by molar-refractivity contribution is 6.36. The molecule has 9 heteroatoms. The lowest BCUT2D eigenvalue weighted by molar-refractivity contribution is -0.138. The molecule has 9 nitrogen and oxygen atoms in total. The average Bonchev–Trinajstić information content (AvgIpc) is 3.30. The van der Waals surface area contributed by atoms with Crippen LogP contribution in [0.15, 0.2) is 47.2 Å². The molecular weight excluding hydrogens is 468 g/mol. The van der Waals surface area contributed by atoms with Crippen molar-refractivity contribution in [3.63, 3.8) is 0 Å². The number of benzene rings is 1. The van der Waals surface area contributed by atoms with Crippen molar-refractivity contribution in [3.05, 3.63) is 47.8 Å². The van der Waals surface area contributed by atoms with Crippen molar-refractivity contribution in [3.8, 4) is 0 Å². The van der Waals surface area contributed by atoms with Crippen molar-refractivity contribution in [1.82, 2.24) is 26.0 Å². The van der Waals surface area contributed by atoms with E-state index in [-0.39, 0.29) is 23.0 Å². The third-order valence-electron chi connectivity index (χ3n) is 8.99. The zero-order valence-corrected chi connectivity index (χ0v) is 22.3. The summed E-state index contributed by atoms with van der Waals surface area (Å²) >= 11 is 0. The van der Waals surface area contributed by atoms with E-state index < -0.39 is 5.91 Å². The number of hydrogen-bond donors (Lipinski definition) is 3. The maximum Gasteiger partial charge on any atom is 0.293 e. The number of hydrogen-bond acceptors (Lipinski definition) is 8. The van der Waals surface area contributed by atoms with Gasteiger partial charge >= 0.3 is 0 Å². The van der Waals surface area contributed by atoms with E-state index in [1.165, 1.54) is 5.56 Å². The second kappa shape index (κ2) is 10.6. The standard InChI is InChI=1S/C28H40N6O3/c1-33(2)28(21-10-5-4-6-11-21)14-12-27(13-15-28)17-24(31-32-27)34-19-22(18-29-26(34)37-3)30-25(36)23(35)16-20-8-7-9-20/h4-6,10-11,18,20,24,31-32H,7-9,12-17,19H2,1-3H3,(H,30,36)/t24-,27?,28?/m1/s1. The molecule has 1 aromatic carbocycles. The molecule has 1 spiro atoms. The summed E-state index contributed by atoms with van der Waals surface area (Å²) in [6.45, 7) is 0.413. The fourth-order valence-electron chi connectivity index (χ4n) is 6.36. The van der Waals surface area contributed by atoms with Gasteiger partial charge in [-0.3, -0.25) is 14.5 Å². The van der Waals surface area contributed by atoms with Crippen LogP contribution in [0.25, 0.3) is 0 Å². The molecule has 0 bridgehead atoms. The van der Waals surface area contributed by atoms with Crippen LogP contribution in [0.3, 0.4) is 0 Å². The number of carbonyl (C=O) groups excluding carboxylic acids is 2. The van der Waals surface area contributed by atoms with Crippen molar-refractivity contribution < 1.29 is 14.3 Å². The van der Waals surface area contributed by atoms with Gasteiger partial charge in [0.05, 0.1) is 31.7 Å². The molecule has 2 aliphatic carbocycles. The number of methoxy groups -OCH3 is 1. The number of nitrogens with one attached hydrogen (secondary N) is 3. The molecule has 1 atom stereocenters. The zero-order valence-electron chi connectivity index (χ0n) is 22.3. The molecule has 0 aromatic heterocycles. The molecule has 0 unspecified atom stereocenters. The van der Waals surface area contributed by atoms with Crippen molar-refractivity contribution >= 4 is 17.7 Å². The molecule has 2 saturated carbocycles. The maximum atomic E-state index is 12.5. The molecule has 1 amide bonds. The van der Waals surface area contributed by atoms with Crippen molar-refractivity contribution in [1.29, 1.82) is 0 Å². The first-order chi connectivity index (χ1) is 17.8. The minimum absolute atomic E-state index is 0.0267. The van der Waals surface area contributed by atoms with Gasteiger partial charge in [-0.2, -0.15) is 0 Å². The third kappa shape index (κ3) is 5.17. The Morgan fingerprint density at radius 3 is 2.51 bits per heavy atom. The Morgan fingerprint density at radius 2 is 1.89 bits per heavy atom. The van der Waals surface area contributed by atoms with Gasteiger partial charge in [0, 0.05) is 23.9 Å². The van der Waals surface area contributed by atoms with Crippen LogP contribution in [-0.2, 0) is 19.9 Å². The first-order valence-corrected chi connectivity index (χ1v) is 13.5. The SMILES string of the molecule is COC1=NC=C(NC(=O)C(=O)CC2CCC2)CN1[C@@H]1CC2(CCC(c3ccccc3)(N(C)C)CC2)NN1. The van der Waals surface area contributed by atoms with Gasteiger partial charge < -0.3 is 15.0 Å². The average molecular weight is 509 g/mol. The van der Waals surface area contributed by atoms with E-state index in [2.05, 4.69) is 70.5 Å². The maximum absolute atomic E-state index is 12.5. The molecular formula is C28H40N6O3. The van der Waals surface area contributed by atoms with Crippen molar-refractivity contribution in [2.45, 2.75) is 75.0 Å². The number of carbonyl (C=O) groups is 2. The summed E-state index contributed by atoms with van der Waals surface area (Å²) in [6, 6.07) is 11.3. The van der Waals surface area contributed by atoms with Gasteiger partial charge in [0.15, 0.2) is 0 Å². The molecule has 1 aromatic rings. The number of aliphatic imine (C=N–C) groups is 1. The van der Waals surface area contributed by atoms with E-state index >= 15 is 0 Å². The lowest BCUT2D eigenvalue weighted by Gasteiger charge is -2.49. The Kier molecular flexibility index (Phi) is 7.38. The summed E-state index contributed by atoms with van der Waals surface area (Å²) in [7, 11) is 5.97. The minimum atomic E-state index is -0.545. The summed E-state index contributed by atoms with van der Waals surface area (Å²) in [5.41, 5.74) is 9.08. The van der Waals surface area contributed by atoms with Crippen molar-refractivity contribution in [2.75, 3.05) is 27.7 Å². The number of amidine groups is 1. The summed E-state index contributed by atoms with van der Waals surface area (Å²) in [5, 5.41) is 2.80. The molecule has 1 saturated heterocycles. The Morgan fingerprint density at radius 1 is 1.16 bits per heavy atom. The largest absolute Gasteiger partial charge is 0.468 e. The normalized spacial score (nSPS) is 30.1. The van der Waals surface area contributed by atoms with Crippen molar-refractivity contribution in [2.24, 2.45) is 10.9 Å². The number of hydrazine groups is 1. The van der Waals surface area contributed by atoms with Crippen LogP contribution in [0, 0.1) is 5.92 Å². The van der Waals surface area contributed by atoms with Crippen LogP contribution in [0.1, 0.15) is 63.4 Å². The zero-order chi connectivity index (χ0) is 26.0. The second-order valence-electron chi connectivity index (χ2n) is 11.3. The molecule has 200 valence electrons. The third-order valence-corrected chi connectivity index (χ3v) is 8.99. The summed E-state index contributed by atoms with van der Waals surface area (Å²) in [6.07, 6.45) is 10.2. The molecule has 37 heavy (non-hydrogen) atoms. The summed E-state index contributed by atoms with van der Waals surface area (Å²) in [4.78, 5) is 33.7. The van der Waals surface area contributed by atoms with Gasteiger partial charge in [0.25, 0.3) is 11.9 Å². The quantitative estimate of drug-likeness (QED) is 0.487. The van der Waals surface area contributed by atoms with Gasteiger partial charge in [-0.05, 0) is 64.1 Å². The van der Waals surface area contributed by atoms with Crippen LogP contribution < -0.4 is 16.2 Å². The van der Waals surface area contributed by atoms with Gasteiger partial charge in [-0.1, -0.05) is 36.8 Å². The smallest absolute Gasteiger partial charge is 0.293 e. The van der Waals surface area contributed by atoms with E-state index in [1.54, 1.807) is 13.3 Å². The topological polar surface area (TPSA) is 98.3 Å². The van der Waals surface area contributed by atoms with Crippen LogP contribution in [0.2, 0.25) is 0 Å². The van der Waals surface area contributed by atoms with Crippen LogP contribution >= 0.6 is 0 Å². The lowest BCUT2D eigenvalue weighted by Crippen LogP contribution is -2.54. The number of nitrogens with zero attached hydrogens (tertiary/aromatic N) is 3. The Labute approximate surface area is 219 Å². The molecule has 4 aliphatic rings. The highest BCUT2D eigenvalue weighted by Gasteiger charge is 2.49. The van der Waals surface area contributed by atoms with Crippen LogP contribution in [0.4, 0.5) is 0 Å². The summed E-state index contributed by atoms with van der Waals surface area (Å²) < 4.78 is 5.57. The fraction of sp³-hybridized carbons (Fsp3) is 0.607. The molecule has 3 fully saturated rings. The minimum Gasteiger partial charge on any atom is -0.468 e. The van der Waals surface area contributed by atoms with Crippen LogP contribution in [-0.4, -0.2) is 67.0 Å². The van der Waals surface area contributed by atoms with E-state index in [0.717, 1.165) is 51.4 Å². The Bertz CT molecular complexity index is 1060. The molecule has 5 rings (SSSR count). The molecule has 3 N–H and O–H groups in total. The number of Topliss-reactive ketones (excluding diaryl/α,β-unsaturated/α-hetero) is 1. The van der Waals surface area contributed by atoms with Gasteiger partial charge in [0.2, 0.25) is 5.78 Å². The van der Waals surface area contributed by atoms with E-state index in [9.17, 15) is 9.59 Å². The van der Waals surface area contributed by atoms with E-state index in [4.69, 9.17) is 4.74 Å². The monoisotopic (exact) mass is 508 g/mol. The lowest BCUT2D eigenvalue weighted by atomic mass is 9.68. The molecule has 2 heterocycles. The Hall–Kier alpha value is -2.75. The van der Waals surface area contributed by atoms with Gasteiger partial charge in [0.1, 0.15) is 0 Å². The number of amides is 1. The molecule has 0 radical (unpaired) electrons. The first kappa shape index (κ1) is 25.9. The van der Waals surface area contributed by atoms with E-state index in [0.29, 0.717) is 30.6 Å². The second-order valence-corrected chi connectivity index (χ2v) is 11.3. The number of rotatable bonds is 7. The highest BCUT2D eigenvalue weighted by Crippen LogP contribution is 2.47. The summed E-state index contributed by atoms with van der Waals surface area (Å²) in [5.74, 6) is -0.526. The predicted molar refractivity (Wildman–Crippen MR) is 142 cm³/mol. The number of ketones is 1. The molecule has 2 aliphatic heterocycles. The predicted octanol–water partition coefficient (Wildman–Crippen LogP) is 2.62. The van der Waals surface area contributed by atoms with Gasteiger partial charge in [-0.25, -0.2) is 15.8 Å². The first-order valence-electron chi connectivity index (χ1n) is 13.5. The van der Waals surface area contributed by atoms with Gasteiger partial charge in [-0.15, -0.1) is 0 Å².